The van der Waals surface area contributed by atoms with Gasteiger partial charge in [0.05, 0.1) is 18.1 Å². The third kappa shape index (κ3) is 2.53. The van der Waals surface area contributed by atoms with Crippen LogP contribution >= 0.6 is 0 Å². The molecule has 0 atom stereocenters. The highest BCUT2D eigenvalue weighted by molar-refractivity contribution is 7.89. The van der Waals surface area contributed by atoms with E-state index in [-0.39, 0.29) is 0 Å². The highest BCUT2D eigenvalue weighted by atomic mass is 32.2. The van der Waals surface area contributed by atoms with Crippen molar-refractivity contribution in [2.75, 3.05) is 32.8 Å². The molecule has 0 bridgehead atoms. The number of nitrogens with zero attached hydrogens (tertiary/aromatic N) is 1. The van der Waals surface area contributed by atoms with Crippen LogP contribution in [-0.2, 0) is 27.7 Å². The lowest BCUT2D eigenvalue weighted by atomic mass is 10.0. The topological polar surface area (TPSA) is 58.6 Å². The molecule has 1 N–H and O–H groups in total. The predicted molar refractivity (Wildman–Crippen MR) is 71.4 cm³/mol. The molecule has 5 nitrogen and oxygen atoms in total. The fraction of sp³-hybridized carbons (Fsp3) is 0.538. The van der Waals surface area contributed by atoms with Crippen LogP contribution in [0.1, 0.15) is 11.1 Å². The normalized spacial score (nSPS) is 21.1. The summed E-state index contributed by atoms with van der Waals surface area (Å²) in [4.78, 5) is 0.400. The first-order chi connectivity index (χ1) is 9.18. The molecule has 104 valence electrons. The fourth-order valence-electron chi connectivity index (χ4n) is 2.55. The fourth-order valence-corrected chi connectivity index (χ4v) is 4.01. The van der Waals surface area contributed by atoms with E-state index in [1.54, 1.807) is 6.07 Å². The molecule has 2 aliphatic heterocycles. The Morgan fingerprint density at radius 2 is 1.95 bits per heavy atom. The second kappa shape index (κ2) is 5.20. The van der Waals surface area contributed by atoms with Gasteiger partial charge < -0.3 is 10.1 Å². The second-order valence-corrected chi connectivity index (χ2v) is 6.81. The largest absolute Gasteiger partial charge is 0.379 e. The number of hydrogen-bond donors (Lipinski definition) is 1. The van der Waals surface area contributed by atoms with Crippen molar-refractivity contribution in [3.05, 3.63) is 29.3 Å². The molecule has 0 unspecified atom stereocenters. The minimum Gasteiger partial charge on any atom is -0.379 e. The van der Waals surface area contributed by atoms with Crippen LogP contribution in [0.4, 0.5) is 0 Å². The highest BCUT2D eigenvalue weighted by Gasteiger charge is 2.27. The Hall–Kier alpha value is -0.950. The Balaban J connectivity index is 1.92. The van der Waals surface area contributed by atoms with Gasteiger partial charge in [-0.05, 0) is 36.2 Å². The van der Waals surface area contributed by atoms with Crippen molar-refractivity contribution in [2.45, 2.75) is 17.9 Å². The van der Waals surface area contributed by atoms with Crippen LogP contribution in [0.3, 0.4) is 0 Å². The molecule has 0 spiro atoms. The van der Waals surface area contributed by atoms with Crippen molar-refractivity contribution < 1.29 is 13.2 Å². The summed E-state index contributed by atoms with van der Waals surface area (Å²) in [6, 6.07) is 5.49. The molecule has 1 aromatic rings. The van der Waals surface area contributed by atoms with Crippen molar-refractivity contribution in [1.29, 1.82) is 0 Å². The zero-order chi connectivity index (χ0) is 13.3. The van der Waals surface area contributed by atoms with Crippen LogP contribution in [0, 0.1) is 0 Å². The summed E-state index contributed by atoms with van der Waals surface area (Å²) >= 11 is 0. The van der Waals surface area contributed by atoms with Crippen LogP contribution in [0.25, 0.3) is 0 Å². The number of nitrogens with one attached hydrogen (secondary N) is 1. The number of ether oxygens (including phenoxy) is 1. The summed E-state index contributed by atoms with van der Waals surface area (Å²) in [7, 11) is -3.37. The third-order valence-corrected chi connectivity index (χ3v) is 5.57. The summed E-state index contributed by atoms with van der Waals surface area (Å²) in [5.41, 5.74) is 2.35. The van der Waals surface area contributed by atoms with E-state index >= 15 is 0 Å². The molecule has 2 aliphatic rings. The van der Waals surface area contributed by atoms with Crippen molar-refractivity contribution in [3.8, 4) is 0 Å². The number of hydrogen-bond acceptors (Lipinski definition) is 4. The van der Waals surface area contributed by atoms with E-state index in [1.165, 1.54) is 9.87 Å². The van der Waals surface area contributed by atoms with E-state index in [4.69, 9.17) is 4.74 Å². The summed E-state index contributed by atoms with van der Waals surface area (Å²) < 4.78 is 31.8. The van der Waals surface area contributed by atoms with E-state index in [0.717, 1.165) is 25.1 Å². The van der Waals surface area contributed by atoms with Gasteiger partial charge in [-0.25, -0.2) is 8.42 Å². The number of morpholine rings is 1. The van der Waals surface area contributed by atoms with Gasteiger partial charge in [0.2, 0.25) is 10.0 Å². The molecule has 6 heteroatoms. The minimum absolute atomic E-state index is 0.400. The Kier molecular flexibility index (Phi) is 3.58. The van der Waals surface area contributed by atoms with E-state index in [1.807, 2.05) is 12.1 Å². The van der Waals surface area contributed by atoms with Gasteiger partial charge in [-0.2, -0.15) is 4.31 Å². The van der Waals surface area contributed by atoms with Crippen molar-refractivity contribution >= 4 is 10.0 Å². The van der Waals surface area contributed by atoms with Crippen LogP contribution in [0.2, 0.25) is 0 Å². The standard InChI is InChI=1S/C13H18N2O3S/c16-19(17,15-5-7-18-8-6-15)13-2-1-11-3-4-14-10-12(11)9-13/h1-2,9,14H,3-8,10H2. The Bertz CT molecular complexity index is 565. The predicted octanol–water partition coefficient (Wildman–Crippen LogP) is 0.353. The Morgan fingerprint density at radius 1 is 1.16 bits per heavy atom. The summed E-state index contributed by atoms with van der Waals surface area (Å²) in [5.74, 6) is 0. The molecule has 1 fully saturated rings. The van der Waals surface area contributed by atoms with E-state index < -0.39 is 10.0 Å². The van der Waals surface area contributed by atoms with Gasteiger partial charge in [-0.1, -0.05) is 6.07 Å². The van der Waals surface area contributed by atoms with Crippen molar-refractivity contribution in [3.63, 3.8) is 0 Å². The molecule has 0 aromatic heterocycles. The first kappa shape index (κ1) is 13.1. The molecule has 2 heterocycles. The van der Waals surface area contributed by atoms with Crippen molar-refractivity contribution in [2.24, 2.45) is 0 Å². The number of benzene rings is 1. The van der Waals surface area contributed by atoms with E-state index in [2.05, 4.69) is 5.32 Å². The van der Waals surface area contributed by atoms with Gasteiger partial charge in [0.25, 0.3) is 0 Å². The van der Waals surface area contributed by atoms with E-state index in [0.29, 0.717) is 31.2 Å². The molecule has 0 amide bonds. The van der Waals surface area contributed by atoms with Crippen LogP contribution in [-0.4, -0.2) is 45.6 Å². The average Bonchev–Trinajstić information content (AvgIpc) is 2.47. The average molecular weight is 282 g/mol. The molecule has 1 aromatic carbocycles. The molecular formula is C13H18N2O3S. The lowest BCUT2D eigenvalue weighted by molar-refractivity contribution is 0.0730. The zero-order valence-corrected chi connectivity index (χ0v) is 11.6. The molecule has 0 saturated carbocycles. The van der Waals surface area contributed by atoms with Crippen LogP contribution in [0.5, 0.6) is 0 Å². The second-order valence-electron chi connectivity index (χ2n) is 4.87. The van der Waals surface area contributed by atoms with Gasteiger partial charge in [-0.15, -0.1) is 0 Å². The Morgan fingerprint density at radius 3 is 2.74 bits per heavy atom. The van der Waals surface area contributed by atoms with Gasteiger partial charge in [0, 0.05) is 19.6 Å². The molecule has 19 heavy (non-hydrogen) atoms. The number of sulfonamides is 1. The lowest BCUT2D eigenvalue weighted by Crippen LogP contribution is -2.40. The minimum atomic E-state index is -3.37. The number of rotatable bonds is 2. The molecular weight excluding hydrogens is 264 g/mol. The maximum Gasteiger partial charge on any atom is 0.243 e. The van der Waals surface area contributed by atoms with Crippen LogP contribution in [0.15, 0.2) is 23.1 Å². The third-order valence-electron chi connectivity index (χ3n) is 3.67. The van der Waals surface area contributed by atoms with Gasteiger partial charge in [0.1, 0.15) is 0 Å². The zero-order valence-electron chi connectivity index (χ0n) is 10.8. The SMILES string of the molecule is O=S(=O)(c1ccc2c(c1)CNCC2)N1CCOCC1. The maximum atomic E-state index is 12.5. The summed E-state index contributed by atoms with van der Waals surface area (Å²) in [6.07, 6.45) is 0.965. The first-order valence-corrected chi connectivity index (χ1v) is 8.02. The molecule has 3 rings (SSSR count). The smallest absolute Gasteiger partial charge is 0.243 e. The summed E-state index contributed by atoms with van der Waals surface area (Å²) in [5, 5.41) is 3.27. The molecule has 0 radical (unpaired) electrons. The summed E-state index contributed by atoms with van der Waals surface area (Å²) in [6.45, 7) is 3.55. The maximum absolute atomic E-state index is 12.5. The Labute approximate surface area is 113 Å². The van der Waals surface area contributed by atoms with Crippen molar-refractivity contribution in [1.82, 2.24) is 9.62 Å². The lowest BCUT2D eigenvalue weighted by Gasteiger charge is -2.26. The molecule has 1 saturated heterocycles. The van der Waals surface area contributed by atoms with Gasteiger partial charge in [0.15, 0.2) is 0 Å². The van der Waals surface area contributed by atoms with E-state index in [9.17, 15) is 8.42 Å². The van der Waals surface area contributed by atoms with Gasteiger partial charge >= 0.3 is 0 Å². The van der Waals surface area contributed by atoms with Crippen LogP contribution < -0.4 is 5.32 Å². The van der Waals surface area contributed by atoms with Gasteiger partial charge in [-0.3, -0.25) is 0 Å². The highest BCUT2D eigenvalue weighted by Crippen LogP contribution is 2.22. The first-order valence-electron chi connectivity index (χ1n) is 6.58. The molecule has 0 aliphatic carbocycles. The number of fused-ring (bicyclic) bond motifs is 1. The monoisotopic (exact) mass is 282 g/mol. The quantitative estimate of drug-likeness (QED) is 0.850.